The third kappa shape index (κ3) is 9.43. The molecule has 188 valence electrons. The average molecular weight is 510 g/mol. The summed E-state index contributed by atoms with van der Waals surface area (Å²) in [6.45, 7) is 2.20. The van der Waals surface area contributed by atoms with Gasteiger partial charge in [-0.3, -0.25) is 9.59 Å². The Labute approximate surface area is 211 Å². The van der Waals surface area contributed by atoms with Crippen LogP contribution in [0.4, 0.5) is 0 Å². The molecule has 1 saturated carbocycles. The highest BCUT2D eigenvalue weighted by Crippen LogP contribution is 2.29. The minimum Gasteiger partial charge on any atom is -0.611 e. The molecule has 1 aliphatic carbocycles. The minimum atomic E-state index is -1.03. The predicted octanol–water partition coefficient (Wildman–Crippen LogP) is 5.84. The second-order valence-corrected chi connectivity index (χ2v) is 10.4. The quantitative estimate of drug-likeness (QED) is 0.0973. The molecular weight excluding hydrogens is 474 g/mol. The molecule has 0 spiro atoms. The molecule has 8 heteroatoms. The summed E-state index contributed by atoms with van der Waals surface area (Å²) in [5.74, 6) is 0.594. The maximum atomic E-state index is 12.8. The highest BCUT2D eigenvalue weighted by Gasteiger charge is 2.38. The van der Waals surface area contributed by atoms with Crippen LogP contribution in [-0.2, 0) is 25.6 Å². The Kier molecular flexibility index (Phi) is 13.3. The summed E-state index contributed by atoms with van der Waals surface area (Å²) < 4.78 is 17.6. The summed E-state index contributed by atoms with van der Waals surface area (Å²) in [5, 5.41) is 4.08. The molecule has 1 aromatic rings. The summed E-state index contributed by atoms with van der Waals surface area (Å²) in [4.78, 5) is 31.6. The van der Waals surface area contributed by atoms with Gasteiger partial charge in [-0.15, -0.1) is 0 Å². The van der Waals surface area contributed by atoms with Gasteiger partial charge in [0.05, 0.1) is 12.8 Å². The molecule has 0 heterocycles. The number of Topliss-reactive ketones (excluding diaryl/α,β-unsaturated/α-hetero) is 2. The van der Waals surface area contributed by atoms with Crippen LogP contribution in [-0.4, -0.2) is 41.3 Å². The number of unbranched alkanes of at least 4 members (excludes halogenated alkanes) is 3. The predicted molar refractivity (Wildman–Crippen MR) is 137 cm³/mol. The lowest BCUT2D eigenvalue weighted by Crippen LogP contribution is -2.38. The van der Waals surface area contributed by atoms with Crippen LogP contribution in [0.15, 0.2) is 45.9 Å². The van der Waals surface area contributed by atoms with Gasteiger partial charge in [-0.1, -0.05) is 49.0 Å². The second-order valence-electron chi connectivity index (χ2n) is 8.56. The van der Waals surface area contributed by atoms with Gasteiger partial charge in [0.2, 0.25) is 0 Å². The number of oxime groups is 1. The Morgan fingerprint density at radius 3 is 2.62 bits per heavy atom. The van der Waals surface area contributed by atoms with Crippen molar-refractivity contribution in [1.29, 1.82) is 0 Å². The number of methoxy groups -OCH3 is 1. The van der Waals surface area contributed by atoms with E-state index in [9.17, 15) is 14.1 Å². The molecule has 1 atom stereocenters. The number of hydrogen-bond donors (Lipinski definition) is 0. The molecule has 0 saturated heterocycles. The maximum Gasteiger partial charge on any atom is 0.156 e. The van der Waals surface area contributed by atoms with Gasteiger partial charge in [0, 0.05) is 24.4 Å². The highest BCUT2D eigenvalue weighted by molar-refractivity contribution is 7.91. The first-order chi connectivity index (χ1) is 16.5. The molecule has 0 amide bonds. The van der Waals surface area contributed by atoms with E-state index >= 15 is 0 Å². The van der Waals surface area contributed by atoms with Crippen molar-refractivity contribution in [2.24, 2.45) is 17.0 Å². The lowest BCUT2D eigenvalue weighted by atomic mass is 9.75. The maximum absolute atomic E-state index is 12.8. The zero-order valence-electron chi connectivity index (χ0n) is 20.2. The number of rotatable bonds is 15. The minimum absolute atomic E-state index is 0.0429. The number of ketones is 2. The molecule has 0 aromatic heterocycles. The van der Waals surface area contributed by atoms with Crippen molar-refractivity contribution in [1.82, 2.24) is 0 Å². The van der Waals surface area contributed by atoms with Crippen LogP contribution in [0.25, 0.3) is 0 Å². The van der Waals surface area contributed by atoms with E-state index in [1.807, 2.05) is 31.2 Å². The number of carbonyl (C=O) groups excluding carboxylic acids is 2. The molecule has 1 fully saturated rings. The van der Waals surface area contributed by atoms with Crippen molar-refractivity contribution in [2.75, 3.05) is 19.5 Å². The van der Waals surface area contributed by atoms with Gasteiger partial charge < -0.3 is 14.1 Å². The van der Waals surface area contributed by atoms with Gasteiger partial charge >= 0.3 is 0 Å². The Bertz CT molecular complexity index is 826. The second kappa shape index (κ2) is 16.0. The van der Waals surface area contributed by atoms with Crippen molar-refractivity contribution in [2.45, 2.75) is 69.6 Å². The van der Waals surface area contributed by atoms with Crippen LogP contribution in [0.1, 0.15) is 64.7 Å². The molecular formula is C26H36ClNO5S. The van der Waals surface area contributed by atoms with Crippen LogP contribution in [0.5, 0.6) is 5.75 Å². The smallest absolute Gasteiger partial charge is 0.156 e. The third-order valence-electron chi connectivity index (χ3n) is 5.90. The van der Waals surface area contributed by atoms with E-state index in [-0.39, 0.29) is 24.1 Å². The Morgan fingerprint density at radius 2 is 1.94 bits per heavy atom. The number of hydrogen-bond acceptors (Lipinski definition) is 6. The summed E-state index contributed by atoms with van der Waals surface area (Å²) in [5.41, 5.74) is 1.87. The van der Waals surface area contributed by atoms with E-state index in [1.54, 1.807) is 13.2 Å². The molecule has 1 unspecified atom stereocenters. The first kappa shape index (κ1) is 28.4. The number of ether oxygens (including phenoxy) is 1. The van der Waals surface area contributed by atoms with Crippen LogP contribution in [0.2, 0.25) is 0 Å². The van der Waals surface area contributed by atoms with Crippen molar-refractivity contribution >= 4 is 40.1 Å². The fourth-order valence-corrected chi connectivity index (χ4v) is 5.46. The lowest BCUT2D eigenvalue weighted by molar-refractivity contribution is -0.134. The zero-order chi connectivity index (χ0) is 24.8. The van der Waals surface area contributed by atoms with E-state index < -0.39 is 17.1 Å². The van der Waals surface area contributed by atoms with E-state index in [1.165, 1.54) is 5.54 Å². The molecule has 1 aromatic carbocycles. The first-order valence-electron chi connectivity index (χ1n) is 12.0. The average Bonchev–Trinajstić information content (AvgIpc) is 2.83. The van der Waals surface area contributed by atoms with E-state index in [2.05, 4.69) is 5.16 Å². The molecule has 2 rings (SSSR count). The van der Waals surface area contributed by atoms with E-state index in [0.717, 1.165) is 43.4 Å². The van der Waals surface area contributed by atoms with E-state index in [0.29, 0.717) is 36.5 Å². The van der Waals surface area contributed by atoms with Gasteiger partial charge in [-0.25, -0.2) is 0 Å². The number of benzene rings is 1. The SMILES string of the molecule is CCCC(=NOCC=CCl)[C@H]1C(=O)C[C@H](CCCCCC[S+]([O-])c2cccc(OC)c2)CC1=O. The van der Waals surface area contributed by atoms with Gasteiger partial charge in [0.1, 0.15) is 35.6 Å². The highest BCUT2D eigenvalue weighted by atomic mass is 35.5. The van der Waals surface area contributed by atoms with Crippen LogP contribution >= 0.6 is 11.6 Å². The van der Waals surface area contributed by atoms with Gasteiger partial charge in [-0.05, 0) is 61.0 Å². The normalized spacial score (nSPS) is 20.1. The largest absolute Gasteiger partial charge is 0.611 e. The number of carbonyl (C=O) groups is 2. The zero-order valence-corrected chi connectivity index (χ0v) is 21.7. The van der Waals surface area contributed by atoms with Crippen molar-refractivity contribution < 1.29 is 23.7 Å². The number of halogens is 1. The van der Waals surface area contributed by atoms with Gasteiger partial charge in [0.25, 0.3) is 0 Å². The molecule has 0 bridgehead atoms. The third-order valence-corrected chi connectivity index (χ3v) is 7.52. The fraction of sp³-hybridized carbons (Fsp3) is 0.577. The summed E-state index contributed by atoms with van der Waals surface area (Å²) >= 11 is 4.44. The van der Waals surface area contributed by atoms with E-state index in [4.69, 9.17) is 21.2 Å². The summed E-state index contributed by atoms with van der Waals surface area (Å²) in [6, 6.07) is 7.38. The first-order valence-corrected chi connectivity index (χ1v) is 13.8. The molecule has 6 nitrogen and oxygen atoms in total. The molecule has 0 aliphatic heterocycles. The summed E-state index contributed by atoms with van der Waals surface area (Å²) in [7, 11) is 1.60. The van der Waals surface area contributed by atoms with Crippen LogP contribution in [0, 0.1) is 11.8 Å². The van der Waals surface area contributed by atoms with Crippen molar-refractivity contribution in [3.63, 3.8) is 0 Å². The topological polar surface area (TPSA) is 88.0 Å². The standard InChI is InChI=1S/C26H36ClNO5S/c1-3-10-23(28-33-15-9-14-27)26-24(29)17-20(18-25(26)30)11-6-4-5-7-16-34(31)22-13-8-12-21(19-22)32-2/h8-9,12-14,19-20,26H,3-7,10-11,15-18H2,1-2H3/t20-,26-,34?. The van der Waals surface area contributed by atoms with Crippen LogP contribution in [0.3, 0.4) is 0 Å². The Balaban J connectivity index is 1.71. The van der Waals surface area contributed by atoms with Gasteiger partial charge in [-0.2, -0.15) is 0 Å². The Hall–Kier alpha value is -1.83. The lowest BCUT2D eigenvalue weighted by Gasteiger charge is -2.27. The van der Waals surface area contributed by atoms with Crippen LogP contribution < -0.4 is 4.74 Å². The van der Waals surface area contributed by atoms with Crippen molar-refractivity contribution in [3.8, 4) is 5.75 Å². The Morgan fingerprint density at radius 1 is 1.21 bits per heavy atom. The fourth-order valence-electron chi connectivity index (χ4n) is 4.21. The summed E-state index contributed by atoms with van der Waals surface area (Å²) in [6.07, 6.45) is 8.48. The van der Waals surface area contributed by atoms with Gasteiger partial charge in [0.15, 0.2) is 4.90 Å². The molecule has 1 aliphatic rings. The van der Waals surface area contributed by atoms with Crippen molar-refractivity contribution in [3.05, 3.63) is 35.9 Å². The monoisotopic (exact) mass is 509 g/mol. The molecule has 0 radical (unpaired) electrons. The molecule has 0 N–H and O–H groups in total. The number of nitrogens with zero attached hydrogens (tertiary/aromatic N) is 1. The molecule has 34 heavy (non-hydrogen) atoms.